The zero-order valence-electron chi connectivity index (χ0n) is 9.03. The van der Waals surface area contributed by atoms with Crippen LogP contribution in [0.4, 0.5) is 0 Å². The molecule has 1 aromatic carbocycles. The van der Waals surface area contributed by atoms with Gasteiger partial charge in [0.05, 0.1) is 0 Å². The lowest BCUT2D eigenvalue weighted by Crippen LogP contribution is -2.43. The quantitative estimate of drug-likeness (QED) is 0.770. The molecular weight excluding hydrogens is 170 g/mol. The molecule has 0 saturated heterocycles. The van der Waals surface area contributed by atoms with Crippen LogP contribution in [0.3, 0.4) is 0 Å². The van der Waals surface area contributed by atoms with Crippen molar-refractivity contribution >= 4 is 0 Å². The summed E-state index contributed by atoms with van der Waals surface area (Å²) >= 11 is 0. The van der Waals surface area contributed by atoms with E-state index in [9.17, 15) is 0 Å². The van der Waals surface area contributed by atoms with E-state index in [4.69, 9.17) is 0 Å². The van der Waals surface area contributed by atoms with Gasteiger partial charge in [0.25, 0.3) is 0 Å². The molecule has 76 valence electrons. The summed E-state index contributed by atoms with van der Waals surface area (Å²) in [5, 5.41) is 3.68. The van der Waals surface area contributed by atoms with Crippen LogP contribution in [-0.2, 0) is 0 Å². The number of hydrogen-bond acceptors (Lipinski definition) is 1. The smallest absolute Gasteiger partial charge is 0.0294 e. The summed E-state index contributed by atoms with van der Waals surface area (Å²) in [6.07, 6.45) is 2.73. The Morgan fingerprint density at radius 3 is 2.43 bits per heavy atom. The third-order valence-corrected chi connectivity index (χ3v) is 3.38. The van der Waals surface area contributed by atoms with Gasteiger partial charge in [0.15, 0.2) is 0 Å². The molecule has 1 aliphatic carbocycles. The van der Waals surface area contributed by atoms with E-state index in [-0.39, 0.29) is 0 Å². The molecule has 1 aromatic rings. The molecule has 3 atom stereocenters. The third-order valence-electron chi connectivity index (χ3n) is 3.38. The van der Waals surface area contributed by atoms with Crippen LogP contribution in [0.2, 0.25) is 0 Å². The van der Waals surface area contributed by atoms with Gasteiger partial charge in [-0.25, -0.2) is 0 Å². The molecule has 0 amide bonds. The van der Waals surface area contributed by atoms with Gasteiger partial charge in [-0.15, -0.1) is 0 Å². The summed E-state index contributed by atoms with van der Waals surface area (Å²) in [6.45, 7) is 4.58. The van der Waals surface area contributed by atoms with Crippen molar-refractivity contribution in [2.24, 2.45) is 5.92 Å². The summed E-state index contributed by atoms with van der Waals surface area (Å²) in [5.74, 6) is 0.862. The van der Waals surface area contributed by atoms with Crippen molar-refractivity contribution in [3.63, 3.8) is 0 Å². The van der Waals surface area contributed by atoms with Crippen LogP contribution in [0.5, 0.6) is 0 Å². The van der Waals surface area contributed by atoms with E-state index in [1.807, 2.05) is 0 Å². The Hall–Kier alpha value is -0.820. The lowest BCUT2D eigenvalue weighted by Gasteiger charge is -2.37. The minimum atomic E-state index is 0.490. The van der Waals surface area contributed by atoms with Gasteiger partial charge in [-0.2, -0.15) is 0 Å². The molecule has 1 aliphatic rings. The minimum absolute atomic E-state index is 0.490. The van der Waals surface area contributed by atoms with Gasteiger partial charge >= 0.3 is 0 Å². The largest absolute Gasteiger partial charge is 0.307 e. The lowest BCUT2D eigenvalue weighted by atomic mass is 9.80. The molecule has 1 heteroatoms. The average Bonchev–Trinajstić information content (AvgIpc) is 2.24. The predicted molar refractivity (Wildman–Crippen MR) is 60.2 cm³/mol. The van der Waals surface area contributed by atoms with E-state index < -0.39 is 0 Å². The van der Waals surface area contributed by atoms with E-state index in [0.29, 0.717) is 6.04 Å². The Balaban J connectivity index is 1.92. The van der Waals surface area contributed by atoms with Crippen LogP contribution in [0.25, 0.3) is 0 Å². The maximum absolute atomic E-state index is 3.68. The highest BCUT2D eigenvalue weighted by atomic mass is 15.0. The Labute approximate surface area is 86.5 Å². The summed E-state index contributed by atoms with van der Waals surface area (Å²) in [5.41, 5.74) is 1.40. The van der Waals surface area contributed by atoms with Crippen molar-refractivity contribution in [1.29, 1.82) is 0 Å². The number of rotatable bonds is 3. The first-order chi connectivity index (χ1) is 6.77. The predicted octanol–water partition coefficient (Wildman–Crippen LogP) is 3.14. The molecule has 0 aliphatic heterocycles. The normalized spacial score (nSPS) is 28.1. The molecular formula is C13H19N. The highest BCUT2D eigenvalue weighted by Gasteiger charge is 2.27. The molecule has 1 nitrogen and oxygen atoms in total. The zero-order chi connectivity index (χ0) is 9.97. The highest BCUT2D eigenvalue weighted by Crippen LogP contribution is 2.28. The van der Waals surface area contributed by atoms with Crippen molar-refractivity contribution < 1.29 is 0 Å². The van der Waals surface area contributed by atoms with Crippen molar-refractivity contribution in [3.8, 4) is 0 Å². The van der Waals surface area contributed by atoms with Crippen LogP contribution in [-0.4, -0.2) is 6.04 Å². The SMILES string of the molecule is CC1CCC1N[C@@H](C)c1ccccc1. The molecule has 0 bridgehead atoms. The van der Waals surface area contributed by atoms with Gasteiger partial charge in [-0.05, 0) is 31.2 Å². The molecule has 14 heavy (non-hydrogen) atoms. The van der Waals surface area contributed by atoms with Crippen molar-refractivity contribution in [2.45, 2.75) is 38.8 Å². The van der Waals surface area contributed by atoms with E-state index in [2.05, 4.69) is 49.5 Å². The van der Waals surface area contributed by atoms with Crippen LogP contribution in [0.1, 0.15) is 38.3 Å². The topological polar surface area (TPSA) is 12.0 Å². The van der Waals surface area contributed by atoms with E-state index >= 15 is 0 Å². The fourth-order valence-corrected chi connectivity index (χ4v) is 2.07. The number of hydrogen-bond donors (Lipinski definition) is 1. The molecule has 1 N–H and O–H groups in total. The first-order valence-corrected chi connectivity index (χ1v) is 5.58. The fourth-order valence-electron chi connectivity index (χ4n) is 2.07. The monoisotopic (exact) mass is 189 g/mol. The third kappa shape index (κ3) is 1.98. The molecule has 0 radical (unpaired) electrons. The Morgan fingerprint density at radius 1 is 1.21 bits per heavy atom. The van der Waals surface area contributed by atoms with Crippen LogP contribution >= 0.6 is 0 Å². The molecule has 0 heterocycles. The zero-order valence-corrected chi connectivity index (χ0v) is 9.03. The van der Waals surface area contributed by atoms with Crippen molar-refractivity contribution in [2.75, 3.05) is 0 Å². The average molecular weight is 189 g/mol. The van der Waals surface area contributed by atoms with Gasteiger partial charge < -0.3 is 5.32 Å². The van der Waals surface area contributed by atoms with Gasteiger partial charge in [0.2, 0.25) is 0 Å². The highest BCUT2D eigenvalue weighted by molar-refractivity contribution is 5.18. The fraction of sp³-hybridized carbons (Fsp3) is 0.538. The second-order valence-corrected chi connectivity index (χ2v) is 4.46. The minimum Gasteiger partial charge on any atom is -0.307 e. The maximum Gasteiger partial charge on any atom is 0.0294 e. The van der Waals surface area contributed by atoms with Gasteiger partial charge in [-0.3, -0.25) is 0 Å². The number of nitrogens with one attached hydrogen (secondary N) is 1. The molecule has 0 aromatic heterocycles. The summed E-state index contributed by atoms with van der Waals surface area (Å²) < 4.78 is 0. The van der Waals surface area contributed by atoms with Crippen LogP contribution < -0.4 is 5.32 Å². The summed E-state index contributed by atoms with van der Waals surface area (Å²) in [6, 6.07) is 11.9. The van der Waals surface area contributed by atoms with Crippen molar-refractivity contribution in [3.05, 3.63) is 35.9 Å². The second kappa shape index (κ2) is 4.14. The standard InChI is InChI=1S/C13H19N/c1-10-8-9-13(10)14-11(2)12-6-4-3-5-7-12/h3-7,10-11,13-14H,8-9H2,1-2H3/t10?,11-,13?/m0/s1. The van der Waals surface area contributed by atoms with Crippen molar-refractivity contribution in [1.82, 2.24) is 5.32 Å². The lowest BCUT2D eigenvalue weighted by molar-refractivity contribution is 0.214. The number of benzene rings is 1. The van der Waals surface area contributed by atoms with E-state index in [0.717, 1.165) is 12.0 Å². The summed E-state index contributed by atoms with van der Waals surface area (Å²) in [4.78, 5) is 0. The molecule has 2 rings (SSSR count). The Morgan fingerprint density at radius 2 is 1.93 bits per heavy atom. The molecule has 0 spiro atoms. The van der Waals surface area contributed by atoms with Gasteiger partial charge in [0, 0.05) is 12.1 Å². The molecule has 1 fully saturated rings. The summed E-state index contributed by atoms with van der Waals surface area (Å²) in [7, 11) is 0. The van der Waals surface area contributed by atoms with Crippen LogP contribution in [0.15, 0.2) is 30.3 Å². The van der Waals surface area contributed by atoms with E-state index in [1.54, 1.807) is 0 Å². The first kappa shape index (κ1) is 9.72. The molecule has 2 unspecified atom stereocenters. The van der Waals surface area contributed by atoms with Crippen LogP contribution in [0, 0.1) is 5.92 Å². The van der Waals surface area contributed by atoms with Gasteiger partial charge in [0.1, 0.15) is 0 Å². The van der Waals surface area contributed by atoms with E-state index in [1.165, 1.54) is 18.4 Å². The Bertz CT molecular complexity index is 281. The second-order valence-electron chi connectivity index (χ2n) is 4.46. The first-order valence-electron chi connectivity index (χ1n) is 5.58. The maximum atomic E-state index is 3.68. The molecule has 1 saturated carbocycles. The Kier molecular flexibility index (Phi) is 2.87. The van der Waals surface area contributed by atoms with Gasteiger partial charge in [-0.1, -0.05) is 37.3 Å².